The third-order valence-corrected chi connectivity index (χ3v) is 2.42. The van der Waals surface area contributed by atoms with Gasteiger partial charge in [0.15, 0.2) is 0 Å². The van der Waals surface area contributed by atoms with Crippen LogP contribution in [0, 0.1) is 0 Å². The van der Waals surface area contributed by atoms with Gasteiger partial charge in [-0.15, -0.1) is 0 Å². The van der Waals surface area contributed by atoms with Gasteiger partial charge in [0.25, 0.3) is 0 Å². The number of nitrogens with two attached hydrogens (primary N) is 1. The zero-order valence-electron chi connectivity index (χ0n) is 9.26. The van der Waals surface area contributed by atoms with Crippen LogP contribution in [-0.2, 0) is 4.79 Å². The molecular weight excluding hydrogens is 164 g/mol. The first-order valence-corrected chi connectivity index (χ1v) is 5.00. The Labute approximate surface area is 81.3 Å². The molecule has 1 amide bonds. The van der Waals surface area contributed by atoms with Crippen molar-refractivity contribution in [3.8, 4) is 0 Å². The summed E-state index contributed by atoms with van der Waals surface area (Å²) >= 11 is 0. The van der Waals surface area contributed by atoms with Gasteiger partial charge in [-0.25, -0.2) is 0 Å². The van der Waals surface area contributed by atoms with Gasteiger partial charge in [-0.1, -0.05) is 20.3 Å². The summed E-state index contributed by atoms with van der Waals surface area (Å²) in [6.45, 7) is 6.64. The molecule has 0 aromatic carbocycles. The zero-order chi connectivity index (χ0) is 10.5. The average Bonchev–Trinajstić information content (AvgIpc) is 2.12. The van der Waals surface area contributed by atoms with Gasteiger partial charge < -0.3 is 10.6 Å². The molecule has 0 bridgehead atoms. The number of hydrogen-bond donors (Lipinski definition) is 1. The Hall–Kier alpha value is -0.570. The number of likely N-dealkylation sites (N-methyl/N-ethyl adjacent to an activating group) is 1. The first-order valence-electron chi connectivity index (χ1n) is 5.00. The summed E-state index contributed by atoms with van der Waals surface area (Å²) in [5.41, 5.74) is 5.15. The van der Waals surface area contributed by atoms with Crippen molar-refractivity contribution < 1.29 is 4.79 Å². The Kier molecular flexibility index (Phi) is 4.99. The lowest BCUT2D eigenvalue weighted by Gasteiger charge is -2.28. The normalized spacial score (nSPS) is 15.2. The highest BCUT2D eigenvalue weighted by Gasteiger charge is 2.28. The summed E-state index contributed by atoms with van der Waals surface area (Å²) in [5.74, 6) is 0.0449. The van der Waals surface area contributed by atoms with E-state index in [1.54, 1.807) is 11.8 Å². The molecule has 0 spiro atoms. The Bertz CT molecular complexity index is 166. The molecule has 78 valence electrons. The van der Waals surface area contributed by atoms with Crippen molar-refractivity contribution in [1.29, 1.82) is 0 Å². The van der Waals surface area contributed by atoms with Gasteiger partial charge in [-0.05, 0) is 19.8 Å². The molecule has 0 aromatic heterocycles. The number of unbranched alkanes of at least 4 members (excludes halogenated alkanes) is 1. The largest absolute Gasteiger partial charge is 0.344 e. The van der Waals surface area contributed by atoms with Gasteiger partial charge in [0.1, 0.15) is 0 Å². The minimum Gasteiger partial charge on any atom is -0.344 e. The van der Waals surface area contributed by atoms with Crippen LogP contribution in [0.1, 0.15) is 40.0 Å². The molecule has 0 heterocycles. The molecule has 3 nitrogen and oxygen atoms in total. The van der Waals surface area contributed by atoms with Gasteiger partial charge in [0.2, 0.25) is 5.91 Å². The van der Waals surface area contributed by atoms with Crippen LogP contribution in [-0.4, -0.2) is 29.9 Å². The maximum Gasteiger partial charge on any atom is 0.242 e. The molecule has 0 aromatic rings. The Morgan fingerprint density at radius 2 is 2.00 bits per heavy atom. The molecule has 0 radical (unpaired) electrons. The third kappa shape index (κ3) is 3.77. The van der Waals surface area contributed by atoms with Crippen LogP contribution in [0.5, 0.6) is 0 Å². The maximum atomic E-state index is 11.7. The first-order chi connectivity index (χ1) is 5.95. The van der Waals surface area contributed by atoms with E-state index >= 15 is 0 Å². The van der Waals surface area contributed by atoms with Crippen LogP contribution < -0.4 is 5.73 Å². The van der Waals surface area contributed by atoms with E-state index in [4.69, 9.17) is 5.73 Å². The van der Waals surface area contributed by atoms with Gasteiger partial charge in [0.05, 0.1) is 5.54 Å². The second kappa shape index (κ2) is 5.22. The van der Waals surface area contributed by atoms with Crippen LogP contribution in [0.4, 0.5) is 0 Å². The number of amides is 1. The number of hydrogen-bond acceptors (Lipinski definition) is 2. The summed E-state index contributed by atoms with van der Waals surface area (Å²) < 4.78 is 0. The first kappa shape index (κ1) is 12.4. The van der Waals surface area contributed by atoms with Crippen LogP contribution in [0.3, 0.4) is 0 Å². The number of rotatable bonds is 5. The predicted octanol–water partition coefficient (Wildman–Crippen LogP) is 1.37. The highest BCUT2D eigenvalue weighted by Crippen LogP contribution is 2.09. The molecule has 1 unspecified atom stereocenters. The van der Waals surface area contributed by atoms with Crippen LogP contribution in [0.15, 0.2) is 0 Å². The molecule has 0 saturated carbocycles. The fraction of sp³-hybridized carbons (Fsp3) is 0.900. The highest BCUT2D eigenvalue weighted by molar-refractivity contribution is 5.85. The predicted molar refractivity (Wildman–Crippen MR) is 55.4 cm³/mol. The fourth-order valence-electron chi connectivity index (χ4n) is 1.08. The van der Waals surface area contributed by atoms with E-state index in [0.29, 0.717) is 6.42 Å². The maximum absolute atomic E-state index is 11.7. The third-order valence-electron chi connectivity index (χ3n) is 2.42. The molecule has 13 heavy (non-hydrogen) atoms. The number of carbonyl (C=O) groups is 1. The van der Waals surface area contributed by atoms with E-state index in [-0.39, 0.29) is 5.91 Å². The minimum absolute atomic E-state index is 0.0449. The fourth-order valence-corrected chi connectivity index (χ4v) is 1.08. The van der Waals surface area contributed by atoms with Crippen LogP contribution in [0.2, 0.25) is 0 Å². The van der Waals surface area contributed by atoms with E-state index in [0.717, 1.165) is 19.4 Å². The molecule has 0 aliphatic carbocycles. The van der Waals surface area contributed by atoms with Gasteiger partial charge in [-0.2, -0.15) is 0 Å². The molecule has 0 aliphatic rings. The molecule has 1 atom stereocenters. The number of nitrogens with zero attached hydrogens (tertiary/aromatic N) is 1. The van der Waals surface area contributed by atoms with Crippen molar-refractivity contribution in [3.63, 3.8) is 0 Å². The quantitative estimate of drug-likeness (QED) is 0.705. The van der Waals surface area contributed by atoms with E-state index < -0.39 is 5.54 Å². The molecule has 0 rings (SSSR count). The van der Waals surface area contributed by atoms with Crippen LogP contribution in [0.25, 0.3) is 0 Å². The Balaban J connectivity index is 4.09. The van der Waals surface area contributed by atoms with Gasteiger partial charge >= 0.3 is 0 Å². The van der Waals surface area contributed by atoms with E-state index in [2.05, 4.69) is 6.92 Å². The summed E-state index contributed by atoms with van der Waals surface area (Å²) in [6, 6.07) is 0. The molecule has 0 aliphatic heterocycles. The lowest BCUT2D eigenvalue weighted by atomic mass is 9.99. The topological polar surface area (TPSA) is 46.3 Å². The van der Waals surface area contributed by atoms with E-state index in [1.165, 1.54) is 0 Å². The van der Waals surface area contributed by atoms with Crippen molar-refractivity contribution >= 4 is 5.91 Å². The van der Waals surface area contributed by atoms with Crippen LogP contribution >= 0.6 is 0 Å². The zero-order valence-corrected chi connectivity index (χ0v) is 9.26. The van der Waals surface area contributed by atoms with Crippen molar-refractivity contribution in [2.45, 2.75) is 45.6 Å². The standard InChI is InChI=1S/C10H22N2O/c1-5-7-8-12(4)9(13)10(3,11)6-2/h5-8,11H2,1-4H3. The number of carbonyl (C=O) groups excluding carboxylic acids is 1. The minimum atomic E-state index is -0.692. The second-order valence-electron chi connectivity index (χ2n) is 3.85. The molecule has 0 fully saturated rings. The highest BCUT2D eigenvalue weighted by atomic mass is 16.2. The summed E-state index contributed by atoms with van der Waals surface area (Å²) in [7, 11) is 1.82. The monoisotopic (exact) mass is 186 g/mol. The van der Waals surface area contributed by atoms with Gasteiger partial charge in [-0.3, -0.25) is 4.79 Å². The summed E-state index contributed by atoms with van der Waals surface area (Å²) in [4.78, 5) is 13.4. The summed E-state index contributed by atoms with van der Waals surface area (Å²) in [5, 5.41) is 0. The van der Waals surface area contributed by atoms with E-state index in [9.17, 15) is 4.79 Å². The summed E-state index contributed by atoms with van der Waals surface area (Å²) in [6.07, 6.45) is 2.83. The lowest BCUT2D eigenvalue weighted by Crippen LogP contribution is -2.51. The Morgan fingerprint density at radius 1 is 1.46 bits per heavy atom. The second-order valence-corrected chi connectivity index (χ2v) is 3.85. The van der Waals surface area contributed by atoms with Gasteiger partial charge in [0, 0.05) is 13.6 Å². The molecule has 0 saturated heterocycles. The average molecular weight is 186 g/mol. The Morgan fingerprint density at radius 3 is 2.38 bits per heavy atom. The smallest absolute Gasteiger partial charge is 0.242 e. The molecule has 3 heteroatoms. The van der Waals surface area contributed by atoms with E-state index in [1.807, 2.05) is 14.0 Å². The van der Waals surface area contributed by atoms with Crippen molar-refractivity contribution in [2.24, 2.45) is 5.73 Å². The van der Waals surface area contributed by atoms with Crippen molar-refractivity contribution in [3.05, 3.63) is 0 Å². The SMILES string of the molecule is CCCCN(C)C(=O)C(C)(N)CC. The molecule has 2 N–H and O–H groups in total. The van der Waals surface area contributed by atoms with Crippen molar-refractivity contribution in [1.82, 2.24) is 4.90 Å². The van der Waals surface area contributed by atoms with Crippen molar-refractivity contribution in [2.75, 3.05) is 13.6 Å². The molecular formula is C10H22N2O. The lowest BCUT2D eigenvalue weighted by molar-refractivity contribution is -0.135.